The van der Waals surface area contributed by atoms with Crippen LogP contribution in [0.4, 0.5) is 0 Å². The number of carbonyl (C=O) groups excluding carboxylic acids is 1. The standard InChI is InChI=1S/C16H18N2O4/c1-10(12-5-6-14(20-3)15(9-12)21-4)17-18-16(19)13-7-8-22-11(13)2/h5-9H,1-4H3,(H,18,19)/b17-10-. The fourth-order valence-electron chi connectivity index (χ4n) is 1.94. The van der Waals surface area contributed by atoms with E-state index < -0.39 is 0 Å². The molecule has 0 spiro atoms. The van der Waals surface area contributed by atoms with E-state index >= 15 is 0 Å². The van der Waals surface area contributed by atoms with Crippen LogP contribution in [0.3, 0.4) is 0 Å². The molecular formula is C16H18N2O4. The maximum Gasteiger partial charge on any atom is 0.274 e. The van der Waals surface area contributed by atoms with Crippen molar-refractivity contribution in [1.29, 1.82) is 0 Å². The van der Waals surface area contributed by atoms with E-state index in [1.807, 2.05) is 6.07 Å². The zero-order valence-electron chi connectivity index (χ0n) is 13.0. The Morgan fingerprint density at radius 1 is 1.18 bits per heavy atom. The van der Waals surface area contributed by atoms with Gasteiger partial charge in [0.15, 0.2) is 11.5 Å². The lowest BCUT2D eigenvalue weighted by molar-refractivity contribution is 0.0953. The van der Waals surface area contributed by atoms with Crippen LogP contribution in [0.25, 0.3) is 0 Å². The molecular weight excluding hydrogens is 284 g/mol. The first-order valence-electron chi connectivity index (χ1n) is 6.68. The largest absolute Gasteiger partial charge is 0.493 e. The van der Waals surface area contributed by atoms with Gasteiger partial charge in [-0.3, -0.25) is 4.79 Å². The summed E-state index contributed by atoms with van der Waals surface area (Å²) in [4.78, 5) is 12.0. The minimum absolute atomic E-state index is 0.314. The smallest absolute Gasteiger partial charge is 0.274 e. The number of rotatable bonds is 5. The van der Waals surface area contributed by atoms with Crippen LogP contribution in [0.2, 0.25) is 0 Å². The Morgan fingerprint density at radius 3 is 2.50 bits per heavy atom. The van der Waals surface area contributed by atoms with Crippen molar-refractivity contribution >= 4 is 11.6 Å². The van der Waals surface area contributed by atoms with Gasteiger partial charge < -0.3 is 13.9 Å². The number of benzene rings is 1. The molecule has 1 aromatic carbocycles. The molecule has 0 aliphatic heterocycles. The maximum atomic E-state index is 12.0. The molecule has 22 heavy (non-hydrogen) atoms. The minimum atomic E-state index is -0.314. The van der Waals surface area contributed by atoms with E-state index in [0.29, 0.717) is 28.5 Å². The second kappa shape index (κ2) is 6.80. The van der Waals surface area contributed by atoms with Gasteiger partial charge in [-0.1, -0.05) is 0 Å². The molecule has 0 saturated carbocycles. The van der Waals surface area contributed by atoms with E-state index in [-0.39, 0.29) is 5.91 Å². The number of amides is 1. The highest BCUT2D eigenvalue weighted by Crippen LogP contribution is 2.27. The molecule has 6 nitrogen and oxygen atoms in total. The Morgan fingerprint density at radius 2 is 1.91 bits per heavy atom. The summed E-state index contributed by atoms with van der Waals surface area (Å²) in [5, 5.41) is 4.10. The van der Waals surface area contributed by atoms with Gasteiger partial charge in [0, 0.05) is 5.56 Å². The summed E-state index contributed by atoms with van der Waals surface area (Å²) in [6, 6.07) is 7.03. The Hall–Kier alpha value is -2.76. The highest BCUT2D eigenvalue weighted by molar-refractivity contribution is 6.01. The Labute approximate surface area is 128 Å². The topological polar surface area (TPSA) is 73.1 Å². The zero-order valence-corrected chi connectivity index (χ0v) is 13.0. The number of nitrogens with one attached hydrogen (secondary N) is 1. The number of hydrazone groups is 1. The molecule has 0 unspecified atom stereocenters. The van der Waals surface area contributed by atoms with E-state index in [4.69, 9.17) is 13.9 Å². The molecule has 2 rings (SSSR count). The normalized spacial score (nSPS) is 11.2. The molecule has 2 aromatic rings. The van der Waals surface area contributed by atoms with Crippen LogP contribution >= 0.6 is 0 Å². The molecule has 0 aliphatic rings. The molecule has 0 fully saturated rings. The fourth-order valence-corrected chi connectivity index (χ4v) is 1.94. The van der Waals surface area contributed by atoms with Crippen LogP contribution in [0, 0.1) is 6.92 Å². The predicted octanol–water partition coefficient (Wildman–Crippen LogP) is 2.76. The second-order valence-electron chi connectivity index (χ2n) is 4.60. The number of methoxy groups -OCH3 is 2. The van der Waals surface area contributed by atoms with E-state index in [2.05, 4.69) is 10.5 Å². The van der Waals surface area contributed by atoms with Crippen molar-refractivity contribution in [2.75, 3.05) is 14.2 Å². The fraction of sp³-hybridized carbons (Fsp3) is 0.250. The first-order chi connectivity index (χ1) is 10.6. The summed E-state index contributed by atoms with van der Waals surface area (Å²) in [5.41, 5.74) is 4.44. The van der Waals surface area contributed by atoms with Gasteiger partial charge in [0.05, 0.1) is 31.8 Å². The molecule has 116 valence electrons. The summed E-state index contributed by atoms with van der Waals surface area (Å²) in [6.45, 7) is 3.52. The average Bonchev–Trinajstić information content (AvgIpc) is 2.97. The van der Waals surface area contributed by atoms with Gasteiger partial charge >= 0.3 is 0 Å². The van der Waals surface area contributed by atoms with Crippen LogP contribution in [-0.4, -0.2) is 25.8 Å². The van der Waals surface area contributed by atoms with Crippen LogP contribution in [0.1, 0.15) is 28.6 Å². The molecule has 6 heteroatoms. The van der Waals surface area contributed by atoms with Crippen LogP contribution in [0.5, 0.6) is 11.5 Å². The van der Waals surface area contributed by atoms with Gasteiger partial charge in [-0.2, -0.15) is 5.10 Å². The van der Waals surface area contributed by atoms with Crippen molar-refractivity contribution in [3.63, 3.8) is 0 Å². The zero-order chi connectivity index (χ0) is 16.1. The van der Waals surface area contributed by atoms with Crippen LogP contribution < -0.4 is 14.9 Å². The number of hydrogen-bond acceptors (Lipinski definition) is 5. The molecule has 1 aromatic heterocycles. The monoisotopic (exact) mass is 302 g/mol. The van der Waals surface area contributed by atoms with Crippen molar-refractivity contribution in [2.45, 2.75) is 13.8 Å². The number of furan rings is 1. The Balaban J connectivity index is 2.15. The van der Waals surface area contributed by atoms with Gasteiger partial charge in [-0.25, -0.2) is 5.43 Å². The van der Waals surface area contributed by atoms with Crippen LogP contribution in [0.15, 0.2) is 40.0 Å². The molecule has 1 N–H and O–H groups in total. The van der Waals surface area contributed by atoms with Crippen molar-refractivity contribution in [1.82, 2.24) is 5.43 Å². The Kier molecular flexibility index (Phi) is 4.83. The summed E-state index contributed by atoms with van der Waals surface area (Å²) < 4.78 is 15.5. The van der Waals surface area contributed by atoms with Crippen molar-refractivity contribution in [2.24, 2.45) is 5.10 Å². The molecule has 0 radical (unpaired) electrons. The van der Waals surface area contributed by atoms with Crippen molar-refractivity contribution < 1.29 is 18.7 Å². The number of carbonyl (C=O) groups is 1. The first kappa shape index (κ1) is 15.6. The van der Waals surface area contributed by atoms with Gasteiger partial charge in [0.25, 0.3) is 5.91 Å². The number of nitrogens with zero attached hydrogens (tertiary/aromatic N) is 1. The summed E-state index contributed by atoms with van der Waals surface area (Å²) in [7, 11) is 3.14. The van der Waals surface area contributed by atoms with Gasteiger partial charge in [-0.15, -0.1) is 0 Å². The van der Waals surface area contributed by atoms with Gasteiger partial charge in [0.2, 0.25) is 0 Å². The van der Waals surface area contributed by atoms with E-state index in [1.165, 1.54) is 6.26 Å². The summed E-state index contributed by atoms with van der Waals surface area (Å²) in [6.07, 6.45) is 1.47. The molecule has 1 amide bonds. The first-order valence-corrected chi connectivity index (χ1v) is 6.68. The molecule has 0 aliphatic carbocycles. The maximum absolute atomic E-state index is 12.0. The molecule has 0 bridgehead atoms. The van der Waals surface area contributed by atoms with Gasteiger partial charge in [0.1, 0.15) is 5.76 Å². The van der Waals surface area contributed by atoms with Crippen molar-refractivity contribution in [3.8, 4) is 11.5 Å². The van der Waals surface area contributed by atoms with E-state index in [9.17, 15) is 4.79 Å². The number of ether oxygens (including phenoxy) is 2. The van der Waals surface area contributed by atoms with E-state index in [0.717, 1.165) is 5.56 Å². The SMILES string of the molecule is COc1ccc(/C(C)=N\NC(=O)c2ccoc2C)cc1OC. The lowest BCUT2D eigenvalue weighted by atomic mass is 10.1. The minimum Gasteiger partial charge on any atom is -0.493 e. The average molecular weight is 302 g/mol. The highest BCUT2D eigenvalue weighted by Gasteiger charge is 2.11. The second-order valence-corrected chi connectivity index (χ2v) is 4.60. The molecule has 0 saturated heterocycles. The number of hydrogen-bond donors (Lipinski definition) is 1. The van der Waals surface area contributed by atoms with E-state index in [1.54, 1.807) is 46.3 Å². The third-order valence-electron chi connectivity index (χ3n) is 3.23. The summed E-state index contributed by atoms with van der Waals surface area (Å²) >= 11 is 0. The lowest BCUT2D eigenvalue weighted by Gasteiger charge is -2.09. The van der Waals surface area contributed by atoms with Crippen LogP contribution in [-0.2, 0) is 0 Å². The number of aryl methyl sites for hydroxylation is 1. The lowest BCUT2D eigenvalue weighted by Crippen LogP contribution is -2.19. The Bertz CT molecular complexity index is 704. The van der Waals surface area contributed by atoms with Gasteiger partial charge in [-0.05, 0) is 38.1 Å². The molecule has 1 heterocycles. The third kappa shape index (κ3) is 3.28. The molecule has 0 atom stereocenters. The third-order valence-corrected chi connectivity index (χ3v) is 3.23. The highest BCUT2D eigenvalue weighted by atomic mass is 16.5. The quantitative estimate of drug-likeness (QED) is 0.681. The predicted molar refractivity (Wildman–Crippen MR) is 82.7 cm³/mol. The van der Waals surface area contributed by atoms with Crippen molar-refractivity contribution in [3.05, 3.63) is 47.4 Å². The summed E-state index contributed by atoms with van der Waals surface area (Å²) in [5.74, 6) is 1.48.